The molecule has 0 saturated carbocycles. The van der Waals surface area contributed by atoms with Crippen LogP contribution in [-0.4, -0.2) is 23.6 Å². The number of amides is 2. The Hall–Kier alpha value is -2.92. The number of carbonyl (C=O) groups is 2. The van der Waals surface area contributed by atoms with Crippen LogP contribution in [0.3, 0.4) is 0 Å². The number of nitrogens with zero attached hydrogens (tertiary/aromatic N) is 1. The first-order valence-corrected chi connectivity index (χ1v) is 8.78. The average molecular weight is 352 g/mol. The number of hydrogen-bond donors (Lipinski definition) is 2. The summed E-state index contributed by atoms with van der Waals surface area (Å²) in [6.07, 6.45) is 3.58. The van der Waals surface area contributed by atoms with E-state index in [1.165, 1.54) is 6.08 Å². The lowest BCUT2D eigenvalue weighted by molar-refractivity contribution is -0.124. The molecule has 1 unspecified atom stereocenters. The van der Waals surface area contributed by atoms with Crippen LogP contribution in [0.1, 0.15) is 37.3 Å². The molecule has 2 N–H and O–H groups in total. The number of benzene rings is 2. The third-order valence-electron chi connectivity index (χ3n) is 4.16. The molecule has 5 heteroatoms. The van der Waals surface area contributed by atoms with Crippen molar-refractivity contribution in [1.29, 1.82) is 0 Å². The second kappa shape index (κ2) is 9.53. The molecule has 1 fully saturated rings. The van der Waals surface area contributed by atoms with E-state index in [0.717, 1.165) is 23.2 Å². The highest BCUT2D eigenvalue weighted by atomic mass is 16.5. The predicted octanol–water partition coefficient (Wildman–Crippen LogP) is 3.75. The highest BCUT2D eigenvalue weighted by Gasteiger charge is 2.34. The van der Waals surface area contributed by atoms with E-state index in [2.05, 4.69) is 0 Å². The molecule has 0 aliphatic carbocycles. The van der Waals surface area contributed by atoms with Crippen LogP contribution in [0.4, 0.5) is 5.69 Å². The molecular formula is C21H24N2O3. The fourth-order valence-electron chi connectivity index (χ4n) is 2.99. The third kappa shape index (κ3) is 4.37. The number of anilines is 1. The summed E-state index contributed by atoms with van der Waals surface area (Å²) in [5, 5.41) is 8.58. The molecule has 0 aromatic heterocycles. The first-order valence-electron chi connectivity index (χ1n) is 8.78. The standard InChI is InChI=1S/C19H18N2O3.C2H6/c22-18(20-24)11-10-15-8-4-5-9-17(15)21-13-12-16(19(21)23)14-6-2-1-3-7-14;1-2/h1-11,16,24H,12-13H2,(H,20,22);1-2H3/b11-10+;. The lowest BCUT2D eigenvalue weighted by atomic mass is 9.98. The molecule has 3 rings (SSSR count). The quantitative estimate of drug-likeness (QED) is 0.500. The zero-order chi connectivity index (χ0) is 18.9. The van der Waals surface area contributed by atoms with E-state index in [1.807, 2.05) is 68.4 Å². The van der Waals surface area contributed by atoms with Gasteiger partial charge in [-0.3, -0.25) is 14.8 Å². The highest BCUT2D eigenvalue weighted by molar-refractivity contribution is 6.02. The molecule has 2 amide bonds. The first kappa shape index (κ1) is 19.4. The van der Waals surface area contributed by atoms with Crippen molar-refractivity contribution in [3.05, 3.63) is 71.8 Å². The van der Waals surface area contributed by atoms with Crippen LogP contribution in [-0.2, 0) is 9.59 Å². The Morgan fingerprint density at radius 1 is 1.12 bits per heavy atom. The Kier molecular flexibility index (Phi) is 7.12. The van der Waals surface area contributed by atoms with Crippen molar-refractivity contribution in [2.75, 3.05) is 11.4 Å². The first-order chi connectivity index (χ1) is 12.7. The topological polar surface area (TPSA) is 69.6 Å². The molecule has 0 radical (unpaired) electrons. The van der Waals surface area contributed by atoms with Gasteiger partial charge in [0, 0.05) is 12.6 Å². The van der Waals surface area contributed by atoms with Gasteiger partial charge in [0.15, 0.2) is 0 Å². The minimum Gasteiger partial charge on any atom is -0.311 e. The molecule has 1 aliphatic rings. The fraction of sp³-hybridized carbons (Fsp3) is 0.238. The molecule has 1 heterocycles. The van der Waals surface area contributed by atoms with E-state index in [0.29, 0.717) is 6.54 Å². The van der Waals surface area contributed by atoms with Crippen molar-refractivity contribution < 1.29 is 14.8 Å². The molecular weight excluding hydrogens is 328 g/mol. The summed E-state index contributed by atoms with van der Waals surface area (Å²) >= 11 is 0. The monoisotopic (exact) mass is 352 g/mol. The SMILES string of the molecule is CC.O=C(/C=C/c1ccccc1N1CCC(c2ccccc2)C1=O)NO. The molecule has 0 spiro atoms. The van der Waals surface area contributed by atoms with E-state index in [1.54, 1.807) is 16.5 Å². The molecule has 0 bridgehead atoms. The molecule has 136 valence electrons. The molecule has 1 aliphatic heterocycles. The van der Waals surface area contributed by atoms with Crippen LogP contribution in [0.25, 0.3) is 6.08 Å². The molecule has 26 heavy (non-hydrogen) atoms. The summed E-state index contributed by atoms with van der Waals surface area (Å²) in [5.74, 6) is -0.683. The maximum Gasteiger partial charge on any atom is 0.267 e. The van der Waals surface area contributed by atoms with E-state index in [-0.39, 0.29) is 11.8 Å². The van der Waals surface area contributed by atoms with Crippen molar-refractivity contribution in [3.8, 4) is 0 Å². The molecule has 1 atom stereocenters. The Labute approximate surface area is 153 Å². The van der Waals surface area contributed by atoms with Crippen LogP contribution in [0.5, 0.6) is 0 Å². The van der Waals surface area contributed by atoms with Gasteiger partial charge in [0.05, 0.1) is 11.6 Å². The second-order valence-electron chi connectivity index (χ2n) is 5.61. The van der Waals surface area contributed by atoms with Gasteiger partial charge in [0.2, 0.25) is 5.91 Å². The van der Waals surface area contributed by atoms with Gasteiger partial charge in [-0.05, 0) is 29.7 Å². The van der Waals surface area contributed by atoms with Crippen LogP contribution in [0.15, 0.2) is 60.7 Å². The van der Waals surface area contributed by atoms with Crippen molar-refractivity contribution in [2.24, 2.45) is 0 Å². The Morgan fingerprint density at radius 2 is 1.77 bits per heavy atom. The van der Waals surface area contributed by atoms with Crippen molar-refractivity contribution in [2.45, 2.75) is 26.2 Å². The number of para-hydroxylation sites is 1. The van der Waals surface area contributed by atoms with Gasteiger partial charge in [-0.2, -0.15) is 0 Å². The summed E-state index contributed by atoms with van der Waals surface area (Å²) in [6, 6.07) is 17.2. The van der Waals surface area contributed by atoms with Gasteiger partial charge in [0.1, 0.15) is 0 Å². The second-order valence-corrected chi connectivity index (χ2v) is 5.61. The van der Waals surface area contributed by atoms with Gasteiger partial charge < -0.3 is 4.90 Å². The molecule has 5 nitrogen and oxygen atoms in total. The lowest BCUT2D eigenvalue weighted by Gasteiger charge is -2.19. The van der Waals surface area contributed by atoms with Crippen molar-refractivity contribution >= 4 is 23.6 Å². The number of hydrogen-bond acceptors (Lipinski definition) is 3. The summed E-state index contributed by atoms with van der Waals surface area (Å²) in [7, 11) is 0. The fourth-order valence-corrected chi connectivity index (χ4v) is 2.99. The highest BCUT2D eigenvalue weighted by Crippen LogP contribution is 2.34. The van der Waals surface area contributed by atoms with Gasteiger partial charge in [-0.1, -0.05) is 62.4 Å². The van der Waals surface area contributed by atoms with Crippen LogP contribution in [0, 0.1) is 0 Å². The zero-order valence-corrected chi connectivity index (χ0v) is 15.1. The number of rotatable bonds is 4. The lowest BCUT2D eigenvalue weighted by Crippen LogP contribution is -2.27. The van der Waals surface area contributed by atoms with Gasteiger partial charge >= 0.3 is 0 Å². The van der Waals surface area contributed by atoms with E-state index in [4.69, 9.17) is 5.21 Å². The van der Waals surface area contributed by atoms with E-state index in [9.17, 15) is 9.59 Å². The molecule has 1 saturated heterocycles. The van der Waals surface area contributed by atoms with Crippen LogP contribution in [0.2, 0.25) is 0 Å². The van der Waals surface area contributed by atoms with Crippen LogP contribution < -0.4 is 10.4 Å². The Bertz CT molecular complexity index is 772. The largest absolute Gasteiger partial charge is 0.311 e. The number of nitrogens with one attached hydrogen (secondary N) is 1. The third-order valence-corrected chi connectivity index (χ3v) is 4.16. The van der Waals surface area contributed by atoms with E-state index >= 15 is 0 Å². The van der Waals surface area contributed by atoms with Crippen molar-refractivity contribution in [3.63, 3.8) is 0 Å². The Morgan fingerprint density at radius 3 is 2.46 bits per heavy atom. The van der Waals surface area contributed by atoms with Gasteiger partial charge in [-0.25, -0.2) is 5.48 Å². The Balaban J connectivity index is 0.00000117. The average Bonchev–Trinajstić information content (AvgIpc) is 3.09. The molecule has 2 aromatic rings. The smallest absolute Gasteiger partial charge is 0.267 e. The normalized spacial score (nSPS) is 16.3. The number of hydroxylamine groups is 1. The predicted molar refractivity (Wildman–Crippen MR) is 103 cm³/mol. The zero-order valence-electron chi connectivity index (χ0n) is 15.1. The maximum atomic E-state index is 12.8. The van der Waals surface area contributed by atoms with Gasteiger partial charge in [-0.15, -0.1) is 0 Å². The molecule has 2 aromatic carbocycles. The summed E-state index contributed by atoms with van der Waals surface area (Å²) in [5.41, 5.74) is 4.10. The van der Waals surface area contributed by atoms with Gasteiger partial charge in [0.25, 0.3) is 5.91 Å². The summed E-state index contributed by atoms with van der Waals surface area (Å²) in [6.45, 7) is 4.63. The van der Waals surface area contributed by atoms with Crippen molar-refractivity contribution in [1.82, 2.24) is 5.48 Å². The minimum absolute atomic E-state index is 0.0636. The number of carbonyl (C=O) groups excluding carboxylic acids is 2. The minimum atomic E-state index is -0.611. The summed E-state index contributed by atoms with van der Waals surface area (Å²) in [4.78, 5) is 25.8. The van der Waals surface area contributed by atoms with E-state index < -0.39 is 5.91 Å². The summed E-state index contributed by atoms with van der Waals surface area (Å²) < 4.78 is 0. The van der Waals surface area contributed by atoms with Crippen LogP contribution >= 0.6 is 0 Å². The maximum absolute atomic E-state index is 12.8.